The molecule has 0 fully saturated rings. The highest BCUT2D eigenvalue weighted by molar-refractivity contribution is 5.98. The molecule has 5 nitrogen and oxygen atoms in total. The smallest absolute Gasteiger partial charge is 0.248 e. The first-order chi connectivity index (χ1) is 13.0. The number of primary amides is 1. The SMILES string of the molecule is NC(=O)c1cccc(CCNC(=O)CCC(=O)c2ccc3c(c2)CCC3)c1. The molecular formula is C22H24N2O3. The van der Waals surface area contributed by atoms with Gasteiger partial charge in [-0.25, -0.2) is 0 Å². The van der Waals surface area contributed by atoms with Crippen LogP contribution in [-0.4, -0.2) is 24.1 Å². The zero-order valence-corrected chi connectivity index (χ0v) is 15.3. The molecule has 2 aromatic rings. The van der Waals surface area contributed by atoms with Crippen LogP contribution in [-0.2, 0) is 24.1 Å². The normalized spacial score (nSPS) is 12.4. The van der Waals surface area contributed by atoms with Crippen molar-refractivity contribution in [2.24, 2.45) is 5.73 Å². The maximum atomic E-state index is 12.3. The minimum absolute atomic E-state index is 0.00834. The average molecular weight is 364 g/mol. The number of fused-ring (bicyclic) bond motifs is 1. The fourth-order valence-electron chi connectivity index (χ4n) is 3.43. The van der Waals surface area contributed by atoms with Crippen molar-refractivity contribution >= 4 is 17.6 Å². The van der Waals surface area contributed by atoms with E-state index in [0.717, 1.165) is 24.8 Å². The van der Waals surface area contributed by atoms with Crippen LogP contribution in [0.5, 0.6) is 0 Å². The summed E-state index contributed by atoms with van der Waals surface area (Å²) >= 11 is 0. The Balaban J connectivity index is 1.42. The van der Waals surface area contributed by atoms with E-state index >= 15 is 0 Å². The predicted molar refractivity (Wildman–Crippen MR) is 104 cm³/mol. The standard InChI is InChI=1S/C22H24N2O3/c23-22(27)19-6-1-3-15(13-19)11-12-24-21(26)10-9-20(25)18-8-7-16-4-2-5-17(16)14-18/h1,3,6-8,13-14H,2,4-5,9-12H2,(H2,23,27)(H,24,26). The lowest BCUT2D eigenvalue weighted by atomic mass is 10.0. The third-order valence-corrected chi connectivity index (χ3v) is 4.95. The number of carbonyl (C=O) groups is 3. The molecule has 0 radical (unpaired) electrons. The summed E-state index contributed by atoms with van der Waals surface area (Å²) in [6.45, 7) is 0.452. The first-order valence-electron chi connectivity index (χ1n) is 9.33. The number of nitrogens with one attached hydrogen (secondary N) is 1. The average Bonchev–Trinajstić information content (AvgIpc) is 3.14. The van der Waals surface area contributed by atoms with Gasteiger partial charge in [-0.05, 0) is 60.6 Å². The van der Waals surface area contributed by atoms with E-state index in [2.05, 4.69) is 5.32 Å². The fourth-order valence-corrected chi connectivity index (χ4v) is 3.43. The monoisotopic (exact) mass is 364 g/mol. The highest BCUT2D eigenvalue weighted by Crippen LogP contribution is 2.23. The molecule has 2 amide bonds. The molecule has 0 saturated carbocycles. The first-order valence-corrected chi connectivity index (χ1v) is 9.33. The van der Waals surface area contributed by atoms with Gasteiger partial charge in [-0.2, -0.15) is 0 Å². The van der Waals surface area contributed by atoms with Crippen LogP contribution in [0.1, 0.15) is 56.7 Å². The summed E-state index contributed by atoms with van der Waals surface area (Å²) < 4.78 is 0. The summed E-state index contributed by atoms with van der Waals surface area (Å²) in [7, 11) is 0. The molecule has 0 bridgehead atoms. The molecule has 0 unspecified atom stereocenters. The van der Waals surface area contributed by atoms with Crippen molar-refractivity contribution in [1.82, 2.24) is 5.32 Å². The lowest BCUT2D eigenvalue weighted by Gasteiger charge is -2.07. The molecule has 140 valence electrons. The molecule has 0 heterocycles. The van der Waals surface area contributed by atoms with E-state index in [0.29, 0.717) is 24.1 Å². The molecule has 0 saturated heterocycles. The summed E-state index contributed by atoms with van der Waals surface area (Å²) in [5, 5.41) is 2.82. The van der Waals surface area contributed by atoms with Gasteiger partial charge in [0, 0.05) is 30.5 Å². The van der Waals surface area contributed by atoms with Crippen LogP contribution < -0.4 is 11.1 Å². The topological polar surface area (TPSA) is 89.3 Å². The number of hydrogen-bond donors (Lipinski definition) is 2. The van der Waals surface area contributed by atoms with Gasteiger partial charge in [0.2, 0.25) is 11.8 Å². The van der Waals surface area contributed by atoms with E-state index in [1.807, 2.05) is 24.3 Å². The summed E-state index contributed by atoms with van der Waals surface area (Å²) in [6, 6.07) is 12.9. The third kappa shape index (κ3) is 5.03. The van der Waals surface area contributed by atoms with Crippen molar-refractivity contribution in [3.63, 3.8) is 0 Å². The minimum Gasteiger partial charge on any atom is -0.366 e. The Morgan fingerprint density at radius 3 is 2.56 bits per heavy atom. The third-order valence-electron chi connectivity index (χ3n) is 4.95. The summed E-state index contributed by atoms with van der Waals surface area (Å²) in [4.78, 5) is 35.5. The van der Waals surface area contributed by atoms with Gasteiger partial charge in [0.15, 0.2) is 5.78 Å². The Morgan fingerprint density at radius 2 is 1.74 bits per heavy atom. The van der Waals surface area contributed by atoms with Crippen molar-refractivity contribution in [1.29, 1.82) is 0 Å². The molecule has 27 heavy (non-hydrogen) atoms. The number of Topliss-reactive ketones (excluding diaryl/α,β-unsaturated/α-hetero) is 1. The molecular weight excluding hydrogens is 340 g/mol. The molecule has 2 aromatic carbocycles. The molecule has 0 aliphatic heterocycles. The van der Waals surface area contributed by atoms with Gasteiger partial charge in [-0.3, -0.25) is 14.4 Å². The van der Waals surface area contributed by atoms with Gasteiger partial charge in [0.25, 0.3) is 0 Å². The number of carbonyl (C=O) groups excluding carboxylic acids is 3. The van der Waals surface area contributed by atoms with Gasteiger partial charge in [0.1, 0.15) is 0 Å². The van der Waals surface area contributed by atoms with Crippen LogP contribution in [0.25, 0.3) is 0 Å². The van der Waals surface area contributed by atoms with E-state index in [1.54, 1.807) is 18.2 Å². The fraction of sp³-hybridized carbons (Fsp3) is 0.318. The number of rotatable bonds is 8. The van der Waals surface area contributed by atoms with E-state index in [-0.39, 0.29) is 24.5 Å². The van der Waals surface area contributed by atoms with Crippen LogP contribution in [0.15, 0.2) is 42.5 Å². The largest absolute Gasteiger partial charge is 0.366 e. The maximum absolute atomic E-state index is 12.3. The van der Waals surface area contributed by atoms with Crippen molar-refractivity contribution in [2.45, 2.75) is 38.5 Å². The lowest BCUT2D eigenvalue weighted by Crippen LogP contribution is -2.26. The van der Waals surface area contributed by atoms with Gasteiger partial charge >= 0.3 is 0 Å². The van der Waals surface area contributed by atoms with Crippen molar-refractivity contribution < 1.29 is 14.4 Å². The van der Waals surface area contributed by atoms with Crippen molar-refractivity contribution in [2.75, 3.05) is 6.54 Å². The Morgan fingerprint density at radius 1 is 0.926 bits per heavy atom. The van der Waals surface area contributed by atoms with E-state index in [9.17, 15) is 14.4 Å². The summed E-state index contributed by atoms with van der Waals surface area (Å²) in [5.74, 6) is -0.601. The molecule has 1 aliphatic carbocycles. The number of hydrogen-bond acceptors (Lipinski definition) is 3. The van der Waals surface area contributed by atoms with E-state index in [1.165, 1.54) is 11.1 Å². The number of amides is 2. The Hall–Kier alpha value is -2.95. The van der Waals surface area contributed by atoms with Gasteiger partial charge < -0.3 is 11.1 Å². The molecule has 0 aromatic heterocycles. The van der Waals surface area contributed by atoms with Gasteiger partial charge in [0.05, 0.1) is 0 Å². The molecule has 1 aliphatic rings. The number of ketones is 1. The van der Waals surface area contributed by atoms with Gasteiger partial charge in [-0.1, -0.05) is 24.3 Å². The Bertz CT molecular complexity index is 874. The van der Waals surface area contributed by atoms with E-state index < -0.39 is 5.91 Å². The number of nitrogens with two attached hydrogens (primary N) is 1. The predicted octanol–water partition coefficient (Wildman–Crippen LogP) is 2.60. The van der Waals surface area contributed by atoms with Crippen LogP contribution >= 0.6 is 0 Å². The van der Waals surface area contributed by atoms with Crippen LogP contribution in [0.3, 0.4) is 0 Å². The Kier molecular flexibility index (Phi) is 6.01. The molecule has 0 spiro atoms. The summed E-state index contributed by atoms with van der Waals surface area (Å²) in [5.41, 5.74) is 9.96. The number of benzene rings is 2. The molecule has 5 heteroatoms. The van der Waals surface area contributed by atoms with Crippen LogP contribution in [0, 0.1) is 0 Å². The molecule has 3 rings (SSSR count). The van der Waals surface area contributed by atoms with Crippen LogP contribution in [0.4, 0.5) is 0 Å². The molecule has 3 N–H and O–H groups in total. The second-order valence-corrected chi connectivity index (χ2v) is 6.92. The first kappa shape index (κ1) is 18.8. The number of aryl methyl sites for hydroxylation is 2. The van der Waals surface area contributed by atoms with Gasteiger partial charge in [-0.15, -0.1) is 0 Å². The van der Waals surface area contributed by atoms with E-state index in [4.69, 9.17) is 5.73 Å². The highest BCUT2D eigenvalue weighted by Gasteiger charge is 2.14. The Labute approximate surface area is 159 Å². The summed E-state index contributed by atoms with van der Waals surface area (Å²) in [6.07, 6.45) is 4.27. The van der Waals surface area contributed by atoms with Crippen molar-refractivity contribution in [3.8, 4) is 0 Å². The highest BCUT2D eigenvalue weighted by atomic mass is 16.2. The second-order valence-electron chi connectivity index (χ2n) is 6.92. The zero-order valence-electron chi connectivity index (χ0n) is 15.3. The minimum atomic E-state index is -0.467. The second kappa shape index (κ2) is 8.62. The maximum Gasteiger partial charge on any atom is 0.248 e. The molecule has 0 atom stereocenters. The van der Waals surface area contributed by atoms with Crippen LogP contribution in [0.2, 0.25) is 0 Å². The quantitative estimate of drug-likeness (QED) is 0.706. The van der Waals surface area contributed by atoms with Crippen molar-refractivity contribution in [3.05, 3.63) is 70.3 Å². The lowest BCUT2D eigenvalue weighted by molar-refractivity contribution is -0.121. The zero-order chi connectivity index (χ0) is 19.2.